The van der Waals surface area contributed by atoms with E-state index in [9.17, 15) is 0 Å². The van der Waals surface area contributed by atoms with Crippen molar-refractivity contribution in [1.82, 2.24) is 5.32 Å². The Morgan fingerprint density at radius 2 is 1.94 bits per heavy atom. The first-order valence-electron chi connectivity index (χ1n) is 5.85. The topological polar surface area (TPSA) is 38.0 Å². The molecule has 2 nitrogen and oxygen atoms in total. The fraction of sp³-hybridized carbons (Fsp3) is 0.286. The van der Waals surface area contributed by atoms with Gasteiger partial charge in [0.1, 0.15) is 0 Å². The summed E-state index contributed by atoms with van der Waals surface area (Å²) >= 11 is 1.75. The summed E-state index contributed by atoms with van der Waals surface area (Å²) in [6.07, 6.45) is 0. The van der Waals surface area contributed by atoms with Crippen LogP contribution in [0.2, 0.25) is 0 Å². The molecule has 2 unspecified atom stereocenters. The molecule has 17 heavy (non-hydrogen) atoms. The van der Waals surface area contributed by atoms with Gasteiger partial charge in [-0.3, -0.25) is 0 Å². The largest absolute Gasteiger partial charge is 0.329 e. The summed E-state index contributed by atoms with van der Waals surface area (Å²) in [7, 11) is 0. The van der Waals surface area contributed by atoms with Crippen LogP contribution in [-0.4, -0.2) is 6.54 Å². The van der Waals surface area contributed by atoms with E-state index >= 15 is 0 Å². The lowest BCUT2D eigenvalue weighted by atomic mass is 10.1. The maximum absolute atomic E-state index is 5.83. The highest BCUT2D eigenvalue weighted by atomic mass is 32.1. The fourth-order valence-electron chi connectivity index (χ4n) is 1.90. The Bertz CT molecular complexity index is 425. The molecule has 1 aromatic carbocycles. The van der Waals surface area contributed by atoms with Crippen molar-refractivity contribution in [2.45, 2.75) is 19.0 Å². The molecule has 0 spiro atoms. The molecule has 2 atom stereocenters. The van der Waals surface area contributed by atoms with E-state index in [1.165, 1.54) is 10.4 Å². The number of nitrogens with one attached hydrogen (secondary N) is 1. The van der Waals surface area contributed by atoms with Crippen molar-refractivity contribution in [3.05, 3.63) is 58.3 Å². The van der Waals surface area contributed by atoms with Gasteiger partial charge in [0, 0.05) is 17.5 Å². The molecule has 3 heteroatoms. The zero-order valence-corrected chi connectivity index (χ0v) is 10.8. The molecule has 0 bridgehead atoms. The Balaban J connectivity index is 2.05. The number of rotatable bonds is 5. The predicted molar refractivity (Wildman–Crippen MR) is 74.1 cm³/mol. The number of nitrogens with two attached hydrogens (primary N) is 1. The number of thiophene rings is 1. The van der Waals surface area contributed by atoms with Crippen LogP contribution in [0.15, 0.2) is 47.8 Å². The Hall–Kier alpha value is -1.16. The second kappa shape index (κ2) is 5.96. The SMILES string of the molecule is CC(NC(CN)c1cccs1)c1ccccc1. The number of benzene rings is 1. The fourth-order valence-corrected chi connectivity index (χ4v) is 2.70. The van der Waals surface area contributed by atoms with Crippen LogP contribution in [0.5, 0.6) is 0 Å². The van der Waals surface area contributed by atoms with E-state index in [1.54, 1.807) is 11.3 Å². The van der Waals surface area contributed by atoms with Crippen molar-refractivity contribution in [1.29, 1.82) is 0 Å². The highest BCUT2D eigenvalue weighted by molar-refractivity contribution is 7.10. The second-order valence-electron chi connectivity index (χ2n) is 4.10. The van der Waals surface area contributed by atoms with Crippen LogP contribution in [0.3, 0.4) is 0 Å². The van der Waals surface area contributed by atoms with Gasteiger partial charge in [0.15, 0.2) is 0 Å². The van der Waals surface area contributed by atoms with Crippen molar-refractivity contribution in [2.75, 3.05) is 6.54 Å². The van der Waals surface area contributed by atoms with Gasteiger partial charge in [-0.05, 0) is 23.9 Å². The summed E-state index contributed by atoms with van der Waals surface area (Å²) in [5.41, 5.74) is 7.13. The predicted octanol–water partition coefficient (Wildman–Crippen LogP) is 3.10. The van der Waals surface area contributed by atoms with Crippen LogP contribution >= 0.6 is 11.3 Å². The summed E-state index contributed by atoms with van der Waals surface area (Å²) in [6.45, 7) is 2.79. The molecule has 0 saturated carbocycles. The van der Waals surface area contributed by atoms with Crippen molar-refractivity contribution in [3.8, 4) is 0 Å². The minimum Gasteiger partial charge on any atom is -0.329 e. The maximum atomic E-state index is 5.83. The first kappa shape index (κ1) is 12.3. The lowest BCUT2D eigenvalue weighted by molar-refractivity contribution is 0.479. The van der Waals surface area contributed by atoms with Gasteiger partial charge in [-0.1, -0.05) is 36.4 Å². The van der Waals surface area contributed by atoms with Gasteiger partial charge in [0.2, 0.25) is 0 Å². The van der Waals surface area contributed by atoms with Gasteiger partial charge < -0.3 is 11.1 Å². The maximum Gasteiger partial charge on any atom is 0.0543 e. The average molecular weight is 246 g/mol. The third-order valence-corrected chi connectivity index (χ3v) is 3.86. The van der Waals surface area contributed by atoms with E-state index in [0.29, 0.717) is 12.6 Å². The Labute approximate surface area is 106 Å². The Kier molecular flexibility index (Phi) is 4.31. The second-order valence-corrected chi connectivity index (χ2v) is 5.08. The molecule has 0 aliphatic carbocycles. The highest BCUT2D eigenvalue weighted by Crippen LogP contribution is 2.22. The summed E-state index contributed by atoms with van der Waals surface area (Å²) in [4.78, 5) is 1.30. The van der Waals surface area contributed by atoms with E-state index in [0.717, 1.165) is 0 Å². The molecule has 0 radical (unpaired) electrons. The monoisotopic (exact) mass is 246 g/mol. The first-order chi connectivity index (χ1) is 8.31. The van der Waals surface area contributed by atoms with Crippen LogP contribution in [0.1, 0.15) is 29.4 Å². The van der Waals surface area contributed by atoms with Gasteiger partial charge in [-0.15, -0.1) is 11.3 Å². The van der Waals surface area contributed by atoms with Crippen LogP contribution < -0.4 is 11.1 Å². The standard InChI is InChI=1S/C14H18N2S/c1-11(12-6-3-2-4-7-12)16-13(10-15)14-8-5-9-17-14/h2-9,11,13,16H,10,15H2,1H3. The van der Waals surface area contributed by atoms with Crippen molar-refractivity contribution < 1.29 is 0 Å². The molecule has 0 aliphatic heterocycles. The quantitative estimate of drug-likeness (QED) is 0.850. The zero-order chi connectivity index (χ0) is 12.1. The van der Waals surface area contributed by atoms with E-state index in [4.69, 9.17) is 5.73 Å². The van der Waals surface area contributed by atoms with Crippen molar-refractivity contribution in [3.63, 3.8) is 0 Å². The van der Waals surface area contributed by atoms with Crippen molar-refractivity contribution in [2.24, 2.45) is 5.73 Å². The molecule has 1 aromatic heterocycles. The van der Waals surface area contributed by atoms with E-state index in [2.05, 4.69) is 54.0 Å². The van der Waals surface area contributed by atoms with Gasteiger partial charge in [-0.2, -0.15) is 0 Å². The summed E-state index contributed by atoms with van der Waals surface area (Å²) in [5, 5.41) is 5.66. The van der Waals surface area contributed by atoms with Crippen LogP contribution in [-0.2, 0) is 0 Å². The van der Waals surface area contributed by atoms with Crippen LogP contribution in [0, 0.1) is 0 Å². The molecule has 0 aliphatic rings. The van der Waals surface area contributed by atoms with Gasteiger partial charge in [0.25, 0.3) is 0 Å². The summed E-state index contributed by atoms with van der Waals surface area (Å²) in [5.74, 6) is 0. The van der Waals surface area contributed by atoms with Gasteiger partial charge in [-0.25, -0.2) is 0 Å². The third kappa shape index (κ3) is 3.16. The van der Waals surface area contributed by atoms with E-state index < -0.39 is 0 Å². The number of hydrogen-bond donors (Lipinski definition) is 2. The summed E-state index contributed by atoms with van der Waals surface area (Å²) < 4.78 is 0. The smallest absolute Gasteiger partial charge is 0.0543 e. The highest BCUT2D eigenvalue weighted by Gasteiger charge is 2.14. The molecular weight excluding hydrogens is 228 g/mol. The molecule has 3 N–H and O–H groups in total. The molecule has 0 amide bonds. The van der Waals surface area contributed by atoms with Gasteiger partial charge in [0.05, 0.1) is 6.04 Å². The lowest BCUT2D eigenvalue weighted by Gasteiger charge is -2.21. The molecule has 2 aromatic rings. The molecule has 0 saturated heterocycles. The molecule has 0 fully saturated rings. The van der Waals surface area contributed by atoms with Crippen molar-refractivity contribution >= 4 is 11.3 Å². The molecule has 1 heterocycles. The van der Waals surface area contributed by atoms with E-state index in [1.807, 2.05) is 6.07 Å². The lowest BCUT2D eigenvalue weighted by Crippen LogP contribution is -2.29. The number of hydrogen-bond acceptors (Lipinski definition) is 3. The molecule has 2 rings (SSSR count). The van der Waals surface area contributed by atoms with Crippen LogP contribution in [0.25, 0.3) is 0 Å². The minimum atomic E-state index is 0.241. The molecular formula is C14H18N2S. The molecule has 90 valence electrons. The zero-order valence-electron chi connectivity index (χ0n) is 9.97. The van der Waals surface area contributed by atoms with Crippen LogP contribution in [0.4, 0.5) is 0 Å². The van der Waals surface area contributed by atoms with E-state index in [-0.39, 0.29) is 6.04 Å². The third-order valence-electron chi connectivity index (χ3n) is 2.87. The average Bonchev–Trinajstić information content (AvgIpc) is 2.90. The first-order valence-corrected chi connectivity index (χ1v) is 6.73. The Morgan fingerprint density at radius 1 is 1.18 bits per heavy atom. The minimum absolute atomic E-state index is 0.241. The van der Waals surface area contributed by atoms with Gasteiger partial charge >= 0.3 is 0 Å². The normalized spacial score (nSPS) is 14.5. The Morgan fingerprint density at radius 3 is 2.53 bits per heavy atom. The summed E-state index contributed by atoms with van der Waals surface area (Å²) in [6, 6.07) is 15.2.